The molecule has 0 radical (unpaired) electrons. The van der Waals surface area contributed by atoms with Gasteiger partial charge in [0.1, 0.15) is 5.84 Å². The molecule has 0 amide bonds. The van der Waals surface area contributed by atoms with Gasteiger partial charge in [0.2, 0.25) is 0 Å². The van der Waals surface area contributed by atoms with Crippen LogP contribution in [-0.2, 0) is 0 Å². The summed E-state index contributed by atoms with van der Waals surface area (Å²) in [6.45, 7) is 4.63. The van der Waals surface area contributed by atoms with Gasteiger partial charge in [-0.25, -0.2) is 4.99 Å². The van der Waals surface area contributed by atoms with Gasteiger partial charge in [-0.05, 0) is 47.0 Å². The number of allylic oxidation sites excluding steroid dienone is 4. The molecule has 1 unspecified atom stereocenters. The third-order valence-electron chi connectivity index (χ3n) is 9.29. The van der Waals surface area contributed by atoms with Crippen LogP contribution >= 0.6 is 22.7 Å². The quantitative estimate of drug-likeness (QED) is 0.139. The van der Waals surface area contributed by atoms with Crippen LogP contribution in [0.3, 0.4) is 0 Å². The van der Waals surface area contributed by atoms with Crippen molar-refractivity contribution in [3.63, 3.8) is 0 Å². The van der Waals surface area contributed by atoms with Crippen molar-refractivity contribution >= 4 is 92.0 Å². The fourth-order valence-corrected chi connectivity index (χ4v) is 9.47. The highest BCUT2D eigenvalue weighted by molar-refractivity contribution is 7.30. The predicted molar refractivity (Wildman–Crippen MR) is 222 cm³/mol. The number of rotatable bonds is 6. The standard InChI is InChI=1S/C45H32N4S2/c1-29-14-12-13-27-49(41-38(29)39-34-19-8-10-21-36(34)50-42(39)40-35-20-9-11-22-37(35)51-43(40)41)33-25-23-30(24-26-33)28-47-45(32-17-6-3-7-18-32)48-44(46)31-15-4-2-5-16-31/h2-28,45H,1H2,(H2,46,48)/b14-12-,27-13-,47-28+. The molecular formula is C45H32N4S2. The first-order chi connectivity index (χ1) is 25.1. The molecule has 6 heteroatoms. The summed E-state index contributed by atoms with van der Waals surface area (Å²) in [7, 11) is 0. The molecule has 0 fully saturated rings. The maximum atomic E-state index is 6.45. The van der Waals surface area contributed by atoms with Gasteiger partial charge < -0.3 is 10.6 Å². The number of hydrogen-bond acceptors (Lipinski definition) is 5. The van der Waals surface area contributed by atoms with E-state index in [0.717, 1.165) is 33.6 Å². The van der Waals surface area contributed by atoms with Crippen LogP contribution in [0.1, 0.15) is 28.4 Å². The van der Waals surface area contributed by atoms with E-state index in [1.54, 1.807) is 0 Å². The highest BCUT2D eigenvalue weighted by Crippen LogP contribution is 2.54. The van der Waals surface area contributed by atoms with Crippen molar-refractivity contribution in [1.82, 2.24) is 0 Å². The third-order valence-corrected chi connectivity index (χ3v) is 11.7. The molecule has 8 aromatic rings. The number of amidine groups is 1. The van der Waals surface area contributed by atoms with E-state index in [1.807, 2.05) is 89.6 Å². The Morgan fingerprint density at radius 2 is 1.31 bits per heavy atom. The molecule has 0 saturated heterocycles. The Bertz CT molecular complexity index is 2720. The number of anilines is 2. The Balaban J connectivity index is 1.17. The van der Waals surface area contributed by atoms with E-state index in [1.165, 1.54) is 45.9 Å². The molecule has 3 heterocycles. The third kappa shape index (κ3) is 5.55. The zero-order valence-corrected chi connectivity index (χ0v) is 29.2. The van der Waals surface area contributed by atoms with Crippen molar-refractivity contribution in [2.75, 3.05) is 4.90 Å². The molecule has 4 nitrogen and oxygen atoms in total. The van der Waals surface area contributed by atoms with Gasteiger partial charge in [0, 0.05) is 64.9 Å². The molecular weight excluding hydrogens is 661 g/mol. The van der Waals surface area contributed by atoms with Gasteiger partial charge in [0.05, 0.1) is 10.4 Å². The lowest BCUT2D eigenvalue weighted by atomic mass is 9.94. The van der Waals surface area contributed by atoms with E-state index >= 15 is 0 Å². The normalized spacial score (nSPS) is 15.4. The summed E-state index contributed by atoms with van der Waals surface area (Å²) >= 11 is 3.73. The first-order valence-corrected chi connectivity index (χ1v) is 18.5. The van der Waals surface area contributed by atoms with Gasteiger partial charge in [0.25, 0.3) is 0 Å². The molecule has 2 N–H and O–H groups in total. The summed E-state index contributed by atoms with van der Waals surface area (Å²) in [6, 6.07) is 46.0. The SMILES string of the molecule is C=C1/C=C\C=C/N(c2ccc(/C=N/C(/N=C(\N)c3ccccc3)c3ccccc3)cc2)c2c1c1c3ccccc3sc1c1c2sc2ccccc21. The van der Waals surface area contributed by atoms with Crippen LogP contribution < -0.4 is 10.6 Å². The van der Waals surface area contributed by atoms with Crippen LogP contribution in [0, 0.1) is 0 Å². The molecule has 1 aliphatic heterocycles. The topological polar surface area (TPSA) is 54.0 Å². The lowest BCUT2D eigenvalue weighted by molar-refractivity contribution is 0.781. The van der Waals surface area contributed by atoms with E-state index in [0.29, 0.717) is 5.84 Å². The van der Waals surface area contributed by atoms with E-state index in [2.05, 4.69) is 109 Å². The summed E-state index contributed by atoms with van der Waals surface area (Å²) in [6.07, 6.45) is 9.89. The lowest BCUT2D eigenvalue weighted by Crippen LogP contribution is -2.14. The number of fused-ring (bicyclic) bond motifs is 10. The molecule has 1 aliphatic rings. The second kappa shape index (κ2) is 13.0. The Labute approximate surface area is 304 Å². The van der Waals surface area contributed by atoms with Gasteiger partial charge in [-0.2, -0.15) is 0 Å². The highest BCUT2D eigenvalue weighted by atomic mass is 32.1. The van der Waals surface area contributed by atoms with Gasteiger partial charge in [0.15, 0.2) is 6.17 Å². The molecule has 0 spiro atoms. The fraction of sp³-hybridized carbons (Fsp3) is 0.0222. The van der Waals surface area contributed by atoms with Crippen molar-refractivity contribution < 1.29 is 0 Å². The summed E-state index contributed by atoms with van der Waals surface area (Å²) in [5.41, 5.74) is 13.7. The molecule has 9 rings (SSSR count). The van der Waals surface area contributed by atoms with Crippen molar-refractivity contribution in [2.24, 2.45) is 15.7 Å². The Morgan fingerprint density at radius 1 is 0.686 bits per heavy atom. The van der Waals surface area contributed by atoms with Crippen molar-refractivity contribution in [3.8, 4) is 0 Å². The van der Waals surface area contributed by atoms with Crippen LogP contribution in [0.4, 0.5) is 11.4 Å². The first kappa shape index (κ1) is 30.9. The smallest absolute Gasteiger partial charge is 0.167 e. The van der Waals surface area contributed by atoms with E-state index in [-0.39, 0.29) is 0 Å². The lowest BCUT2D eigenvalue weighted by Gasteiger charge is -2.27. The molecule has 0 bridgehead atoms. The molecule has 0 saturated carbocycles. The molecule has 6 aromatic carbocycles. The van der Waals surface area contributed by atoms with Crippen molar-refractivity contribution in [1.29, 1.82) is 0 Å². The van der Waals surface area contributed by atoms with Crippen LogP contribution in [0.15, 0.2) is 174 Å². The van der Waals surface area contributed by atoms with Gasteiger partial charge in [-0.1, -0.05) is 128 Å². The van der Waals surface area contributed by atoms with E-state index in [9.17, 15) is 0 Å². The zero-order chi connectivity index (χ0) is 34.3. The summed E-state index contributed by atoms with van der Waals surface area (Å²) in [5, 5.41) is 5.13. The summed E-state index contributed by atoms with van der Waals surface area (Å²) < 4.78 is 5.14. The van der Waals surface area contributed by atoms with Crippen LogP contribution in [0.25, 0.3) is 45.9 Å². The van der Waals surface area contributed by atoms with Crippen LogP contribution in [0.2, 0.25) is 0 Å². The molecule has 51 heavy (non-hydrogen) atoms. The fourth-order valence-electron chi connectivity index (χ4n) is 6.87. The van der Waals surface area contributed by atoms with Gasteiger partial charge in [-0.15, -0.1) is 22.7 Å². The maximum absolute atomic E-state index is 6.45. The van der Waals surface area contributed by atoms with E-state index < -0.39 is 6.17 Å². The van der Waals surface area contributed by atoms with Gasteiger partial charge >= 0.3 is 0 Å². The molecule has 244 valence electrons. The minimum Gasteiger partial charge on any atom is -0.383 e. The number of nitrogens with two attached hydrogens (primary N) is 1. The Kier molecular flexibility index (Phi) is 7.88. The maximum Gasteiger partial charge on any atom is 0.167 e. The molecule has 2 aromatic heterocycles. The van der Waals surface area contributed by atoms with Crippen molar-refractivity contribution in [2.45, 2.75) is 6.17 Å². The Hall–Kier alpha value is -6.08. The Morgan fingerprint density at radius 3 is 2.04 bits per heavy atom. The second-order valence-electron chi connectivity index (χ2n) is 12.5. The number of hydrogen-bond donors (Lipinski definition) is 1. The first-order valence-electron chi connectivity index (χ1n) is 16.8. The largest absolute Gasteiger partial charge is 0.383 e. The summed E-state index contributed by atoms with van der Waals surface area (Å²) in [5.74, 6) is 0.454. The zero-order valence-electron chi connectivity index (χ0n) is 27.6. The van der Waals surface area contributed by atoms with Gasteiger partial charge in [-0.3, -0.25) is 4.99 Å². The van der Waals surface area contributed by atoms with E-state index in [4.69, 9.17) is 15.7 Å². The minimum absolute atomic E-state index is 0.454. The predicted octanol–water partition coefficient (Wildman–Crippen LogP) is 12.2. The monoisotopic (exact) mass is 692 g/mol. The second-order valence-corrected chi connectivity index (χ2v) is 14.6. The average molecular weight is 693 g/mol. The number of benzene rings is 6. The number of nitrogens with zero attached hydrogens (tertiary/aromatic N) is 3. The summed E-state index contributed by atoms with van der Waals surface area (Å²) in [4.78, 5) is 12.1. The van der Waals surface area contributed by atoms with Crippen molar-refractivity contribution in [3.05, 3.63) is 187 Å². The minimum atomic E-state index is -0.475. The number of thiophene rings is 2. The van der Waals surface area contributed by atoms with Crippen LogP contribution in [0.5, 0.6) is 0 Å². The average Bonchev–Trinajstić information content (AvgIpc) is 3.75. The highest BCUT2D eigenvalue weighted by Gasteiger charge is 2.26. The molecule has 0 aliphatic carbocycles. The number of aliphatic imine (C=N–C) groups is 2. The van der Waals surface area contributed by atoms with Crippen LogP contribution in [-0.4, -0.2) is 12.1 Å². The molecule has 1 atom stereocenters.